The molecule has 0 bridgehead atoms. The van der Waals surface area contributed by atoms with Gasteiger partial charge in [-0.1, -0.05) is 97.1 Å². The molecule has 0 unspecified atom stereocenters. The summed E-state index contributed by atoms with van der Waals surface area (Å²) in [6.07, 6.45) is 7.00. The van der Waals surface area contributed by atoms with Crippen LogP contribution in [0.15, 0.2) is 155 Å². The van der Waals surface area contributed by atoms with E-state index in [-0.39, 0.29) is 21.3 Å². The van der Waals surface area contributed by atoms with Gasteiger partial charge in [0.2, 0.25) is 0 Å². The highest BCUT2D eigenvalue weighted by molar-refractivity contribution is 7.87. The van der Waals surface area contributed by atoms with Crippen LogP contribution >= 0.6 is 0 Å². The van der Waals surface area contributed by atoms with Crippen LogP contribution in [-0.2, 0) is 25.7 Å². The van der Waals surface area contributed by atoms with E-state index in [1.165, 1.54) is 24.3 Å². The third kappa shape index (κ3) is 6.45. The van der Waals surface area contributed by atoms with E-state index in [1.54, 1.807) is 62.4 Å². The van der Waals surface area contributed by atoms with Crippen molar-refractivity contribution in [3.63, 3.8) is 0 Å². The summed E-state index contributed by atoms with van der Waals surface area (Å²) >= 11 is 0. The van der Waals surface area contributed by atoms with Gasteiger partial charge in [0, 0.05) is 11.1 Å². The SMILES string of the molecule is CC=Cc1cc(C2(c3ccc(OS(=O)(=O)c4cccc(F)c4)c(C=CC)c3)c3ccccc3-c3ccccc32)ccc1OS(=O)(=O)c1cccc(F)c1. The largest absolute Gasteiger partial charge is 0.378 e. The lowest BCUT2D eigenvalue weighted by molar-refractivity contribution is 0.482. The minimum absolute atomic E-state index is 0.0479. The molecule has 0 heterocycles. The molecule has 6 nitrogen and oxygen atoms in total. The van der Waals surface area contributed by atoms with Gasteiger partial charge < -0.3 is 8.37 Å². The lowest BCUT2D eigenvalue weighted by Crippen LogP contribution is -2.29. The van der Waals surface area contributed by atoms with Crippen molar-refractivity contribution in [1.82, 2.24) is 0 Å². The summed E-state index contributed by atoms with van der Waals surface area (Å²) in [5.74, 6) is -1.32. The molecule has 0 amide bonds. The molecule has 6 aromatic rings. The number of rotatable bonds is 10. The van der Waals surface area contributed by atoms with Crippen LogP contribution < -0.4 is 8.37 Å². The van der Waals surface area contributed by atoms with E-state index in [2.05, 4.69) is 0 Å². The zero-order valence-corrected chi connectivity index (χ0v) is 30.2. The van der Waals surface area contributed by atoms with Crippen molar-refractivity contribution in [2.75, 3.05) is 0 Å². The number of fused-ring (bicyclic) bond motifs is 3. The predicted octanol–water partition coefficient (Wildman–Crippen LogP) is 9.93. The topological polar surface area (TPSA) is 86.7 Å². The number of hydrogen-bond acceptors (Lipinski definition) is 6. The van der Waals surface area contributed by atoms with Crippen molar-refractivity contribution in [2.45, 2.75) is 29.1 Å². The Labute approximate surface area is 307 Å². The van der Waals surface area contributed by atoms with Crippen molar-refractivity contribution in [3.8, 4) is 22.6 Å². The van der Waals surface area contributed by atoms with Crippen molar-refractivity contribution in [2.24, 2.45) is 0 Å². The molecule has 53 heavy (non-hydrogen) atoms. The first-order valence-electron chi connectivity index (χ1n) is 16.6. The smallest absolute Gasteiger partial charge is 0.339 e. The molecule has 0 aromatic heterocycles. The molecule has 0 radical (unpaired) electrons. The second-order valence-electron chi connectivity index (χ2n) is 12.3. The van der Waals surface area contributed by atoms with E-state index in [9.17, 15) is 25.6 Å². The van der Waals surface area contributed by atoms with Crippen molar-refractivity contribution in [1.29, 1.82) is 0 Å². The summed E-state index contributed by atoms with van der Waals surface area (Å²) in [6.45, 7) is 3.60. The van der Waals surface area contributed by atoms with Gasteiger partial charge in [-0.15, -0.1) is 0 Å². The zero-order chi connectivity index (χ0) is 37.4. The van der Waals surface area contributed by atoms with E-state index >= 15 is 0 Å². The molecule has 0 N–H and O–H groups in total. The van der Waals surface area contributed by atoms with Gasteiger partial charge in [0.25, 0.3) is 0 Å². The fourth-order valence-corrected chi connectivity index (χ4v) is 8.91. The number of hydrogen-bond donors (Lipinski definition) is 0. The van der Waals surface area contributed by atoms with E-state index in [0.717, 1.165) is 57.6 Å². The second-order valence-corrected chi connectivity index (χ2v) is 15.4. The Bertz CT molecular complexity index is 2480. The molecule has 0 atom stereocenters. The van der Waals surface area contributed by atoms with Crippen molar-refractivity contribution >= 4 is 32.4 Å². The highest BCUT2D eigenvalue weighted by Crippen LogP contribution is 2.57. The molecule has 6 aromatic carbocycles. The van der Waals surface area contributed by atoms with E-state index in [4.69, 9.17) is 8.37 Å². The minimum Gasteiger partial charge on any atom is -0.378 e. The first kappa shape index (κ1) is 35.6. The average molecular weight is 747 g/mol. The highest BCUT2D eigenvalue weighted by Gasteiger charge is 2.46. The molecule has 10 heteroatoms. The van der Waals surface area contributed by atoms with Gasteiger partial charge in [0.05, 0.1) is 5.41 Å². The Hall–Kier alpha value is -5.84. The monoisotopic (exact) mass is 746 g/mol. The summed E-state index contributed by atoms with van der Waals surface area (Å²) in [4.78, 5) is -0.636. The summed E-state index contributed by atoms with van der Waals surface area (Å²) < 4.78 is 92.5. The van der Waals surface area contributed by atoms with Crippen LogP contribution in [0.4, 0.5) is 8.78 Å². The van der Waals surface area contributed by atoms with Gasteiger partial charge >= 0.3 is 20.2 Å². The summed E-state index contributed by atoms with van der Waals surface area (Å²) in [7, 11) is -8.79. The summed E-state index contributed by atoms with van der Waals surface area (Å²) in [6, 6.07) is 35.7. The molecular weight excluding hydrogens is 715 g/mol. The maximum Gasteiger partial charge on any atom is 0.339 e. The van der Waals surface area contributed by atoms with Crippen LogP contribution in [0.2, 0.25) is 0 Å². The quantitative estimate of drug-likeness (QED) is 0.130. The lowest BCUT2D eigenvalue weighted by Gasteiger charge is -2.34. The molecule has 266 valence electrons. The van der Waals surface area contributed by atoms with Crippen LogP contribution in [0.25, 0.3) is 23.3 Å². The molecule has 0 saturated carbocycles. The molecule has 0 aliphatic heterocycles. The van der Waals surface area contributed by atoms with Crippen LogP contribution in [0.3, 0.4) is 0 Å². The Balaban J connectivity index is 1.44. The minimum atomic E-state index is -4.39. The normalized spacial score (nSPS) is 13.6. The Morgan fingerprint density at radius 2 is 0.925 bits per heavy atom. The van der Waals surface area contributed by atoms with E-state index in [1.807, 2.05) is 60.7 Å². The van der Waals surface area contributed by atoms with Gasteiger partial charge in [-0.2, -0.15) is 16.8 Å². The molecular formula is C43H32F2O6S2. The van der Waals surface area contributed by atoms with Crippen molar-refractivity contribution in [3.05, 3.63) is 191 Å². The summed E-state index contributed by atoms with van der Waals surface area (Å²) in [5, 5.41) is 0. The fourth-order valence-electron chi connectivity index (χ4n) is 6.94. The number of benzene rings is 6. The molecule has 7 rings (SSSR count). The van der Waals surface area contributed by atoms with Gasteiger partial charge in [0.1, 0.15) is 32.9 Å². The van der Waals surface area contributed by atoms with Crippen LogP contribution in [0.1, 0.15) is 47.2 Å². The lowest BCUT2D eigenvalue weighted by atomic mass is 9.67. The van der Waals surface area contributed by atoms with Gasteiger partial charge in [-0.05, 0) is 108 Å². The van der Waals surface area contributed by atoms with E-state index < -0.39 is 37.3 Å². The first-order chi connectivity index (χ1) is 25.5. The Kier molecular flexibility index (Phi) is 9.36. The Morgan fingerprint density at radius 1 is 0.509 bits per heavy atom. The molecule has 0 saturated heterocycles. The number of allylic oxidation sites excluding steroid dienone is 2. The average Bonchev–Trinajstić information content (AvgIpc) is 3.44. The highest BCUT2D eigenvalue weighted by atomic mass is 32.2. The third-order valence-electron chi connectivity index (χ3n) is 9.10. The maximum absolute atomic E-state index is 14.0. The standard InChI is InChI=1S/C43H32F2O6S2/c1-3-11-29-25-31(21-23-41(29)50-52(46,47)35-15-9-13-33(44)27-35)43(39-19-7-5-17-37(39)38-18-6-8-20-40(38)43)32-22-24-42(30(26-32)12-4-2)51-53(48,49)36-16-10-14-34(45)28-36/h3-28H,1-2H3. The van der Waals surface area contributed by atoms with Crippen molar-refractivity contribution < 1.29 is 34.0 Å². The molecule has 0 fully saturated rings. The fraction of sp³-hybridized carbons (Fsp3) is 0.0698. The van der Waals surface area contributed by atoms with Gasteiger partial charge in [0.15, 0.2) is 0 Å². The van der Waals surface area contributed by atoms with Gasteiger partial charge in [-0.3, -0.25) is 0 Å². The maximum atomic E-state index is 14.0. The third-order valence-corrected chi connectivity index (χ3v) is 11.6. The van der Waals surface area contributed by atoms with Gasteiger partial charge in [-0.25, -0.2) is 8.78 Å². The number of halogens is 2. The second kappa shape index (κ2) is 13.9. The molecule has 1 aliphatic rings. The Morgan fingerprint density at radius 3 is 1.32 bits per heavy atom. The van der Waals surface area contributed by atoms with Crippen LogP contribution in [-0.4, -0.2) is 16.8 Å². The predicted molar refractivity (Wildman–Crippen MR) is 202 cm³/mol. The van der Waals surface area contributed by atoms with E-state index in [0.29, 0.717) is 11.1 Å². The molecule has 1 aliphatic carbocycles. The summed E-state index contributed by atoms with van der Waals surface area (Å²) in [5.41, 5.74) is 5.35. The van der Waals surface area contributed by atoms with Crippen LogP contribution in [0.5, 0.6) is 11.5 Å². The van der Waals surface area contributed by atoms with Crippen LogP contribution in [0, 0.1) is 11.6 Å². The first-order valence-corrected chi connectivity index (χ1v) is 19.4. The molecule has 0 spiro atoms. The zero-order valence-electron chi connectivity index (χ0n) is 28.5.